The number of amides is 1. The number of hydrogen-bond acceptors (Lipinski definition) is 2. The second-order valence-corrected chi connectivity index (χ2v) is 6.62. The monoisotopic (exact) mass is 296 g/mol. The fourth-order valence-corrected chi connectivity index (χ4v) is 2.28. The van der Waals surface area contributed by atoms with Gasteiger partial charge < -0.3 is 11.1 Å². The number of nitrogen functional groups attached to an aromatic ring is 1. The first-order chi connectivity index (χ1) is 10.3. The molecule has 0 aromatic heterocycles. The molecule has 0 spiro atoms. The van der Waals surface area contributed by atoms with Gasteiger partial charge in [-0.15, -0.1) is 0 Å². The Balaban J connectivity index is 1.89. The summed E-state index contributed by atoms with van der Waals surface area (Å²) in [5.74, 6) is 0.0194. The van der Waals surface area contributed by atoms with E-state index in [1.54, 1.807) is 0 Å². The molecule has 2 aromatic carbocycles. The summed E-state index contributed by atoms with van der Waals surface area (Å²) >= 11 is 0. The summed E-state index contributed by atoms with van der Waals surface area (Å²) in [5, 5.41) is 2.94. The van der Waals surface area contributed by atoms with Crippen LogP contribution in [0.2, 0.25) is 0 Å². The van der Waals surface area contributed by atoms with E-state index in [4.69, 9.17) is 5.73 Å². The Labute approximate surface area is 132 Å². The van der Waals surface area contributed by atoms with Crippen LogP contribution in [0, 0.1) is 0 Å². The van der Waals surface area contributed by atoms with Crippen LogP contribution in [0.3, 0.4) is 0 Å². The molecule has 3 nitrogen and oxygen atoms in total. The number of nitrogens with two attached hydrogens (primary N) is 1. The average Bonchev–Trinajstić information content (AvgIpc) is 2.45. The van der Waals surface area contributed by atoms with Gasteiger partial charge in [0.05, 0.1) is 0 Å². The minimum absolute atomic E-state index is 0.0194. The van der Waals surface area contributed by atoms with Gasteiger partial charge in [0.2, 0.25) is 5.91 Å². The van der Waals surface area contributed by atoms with Crippen molar-refractivity contribution in [2.45, 2.75) is 39.0 Å². The summed E-state index contributed by atoms with van der Waals surface area (Å²) in [5.41, 5.74) is 9.77. The van der Waals surface area contributed by atoms with Gasteiger partial charge >= 0.3 is 0 Å². The molecule has 0 bridgehead atoms. The van der Waals surface area contributed by atoms with Crippen LogP contribution in [-0.4, -0.2) is 5.91 Å². The molecule has 3 N–H and O–H groups in total. The van der Waals surface area contributed by atoms with E-state index in [0.29, 0.717) is 12.8 Å². The van der Waals surface area contributed by atoms with Crippen LogP contribution in [-0.2, 0) is 16.6 Å². The summed E-state index contributed by atoms with van der Waals surface area (Å²) in [6, 6.07) is 15.7. The highest BCUT2D eigenvalue weighted by Crippen LogP contribution is 2.23. The summed E-state index contributed by atoms with van der Waals surface area (Å²) in [4.78, 5) is 12.0. The van der Waals surface area contributed by atoms with Crippen molar-refractivity contribution < 1.29 is 4.79 Å². The minimum atomic E-state index is 0.0194. The maximum absolute atomic E-state index is 12.0. The van der Waals surface area contributed by atoms with E-state index in [1.807, 2.05) is 36.4 Å². The van der Waals surface area contributed by atoms with Crippen molar-refractivity contribution in [1.29, 1.82) is 0 Å². The first kappa shape index (κ1) is 16.1. The molecule has 0 heterocycles. The van der Waals surface area contributed by atoms with Gasteiger partial charge in [-0.2, -0.15) is 0 Å². The van der Waals surface area contributed by atoms with E-state index in [0.717, 1.165) is 16.9 Å². The van der Waals surface area contributed by atoms with Crippen molar-refractivity contribution in [2.75, 3.05) is 11.1 Å². The predicted molar refractivity (Wildman–Crippen MR) is 92.9 cm³/mol. The minimum Gasteiger partial charge on any atom is -0.399 e. The Morgan fingerprint density at radius 1 is 1.09 bits per heavy atom. The van der Waals surface area contributed by atoms with Crippen LogP contribution in [0.4, 0.5) is 11.4 Å². The first-order valence-electron chi connectivity index (χ1n) is 7.59. The zero-order valence-electron chi connectivity index (χ0n) is 13.5. The van der Waals surface area contributed by atoms with Crippen molar-refractivity contribution in [1.82, 2.24) is 0 Å². The van der Waals surface area contributed by atoms with Crippen molar-refractivity contribution >= 4 is 17.3 Å². The normalized spacial score (nSPS) is 11.2. The molecular formula is C19H24N2O. The molecule has 0 fully saturated rings. The van der Waals surface area contributed by atoms with Crippen molar-refractivity contribution in [3.63, 3.8) is 0 Å². The fourth-order valence-electron chi connectivity index (χ4n) is 2.28. The third-order valence-electron chi connectivity index (χ3n) is 3.63. The molecule has 22 heavy (non-hydrogen) atoms. The molecule has 2 aromatic rings. The lowest BCUT2D eigenvalue weighted by molar-refractivity contribution is -0.116. The number of aryl methyl sites for hydroxylation is 1. The van der Waals surface area contributed by atoms with E-state index in [9.17, 15) is 4.79 Å². The molecular weight excluding hydrogens is 272 g/mol. The van der Waals surface area contributed by atoms with Gasteiger partial charge in [-0.25, -0.2) is 0 Å². The SMILES string of the molecule is CC(C)(C)c1ccc(NC(=O)CCc2cccc(N)c2)cc1. The van der Waals surface area contributed by atoms with Gasteiger partial charge in [-0.05, 0) is 47.2 Å². The fraction of sp³-hybridized carbons (Fsp3) is 0.316. The molecule has 0 radical (unpaired) electrons. The molecule has 2 rings (SSSR count). The Morgan fingerprint density at radius 2 is 1.77 bits per heavy atom. The lowest BCUT2D eigenvalue weighted by Gasteiger charge is -2.19. The molecule has 0 unspecified atom stereocenters. The highest BCUT2D eigenvalue weighted by atomic mass is 16.1. The Hall–Kier alpha value is -2.29. The molecule has 0 aliphatic carbocycles. The van der Waals surface area contributed by atoms with Crippen LogP contribution in [0.15, 0.2) is 48.5 Å². The van der Waals surface area contributed by atoms with Gasteiger partial charge in [0.25, 0.3) is 0 Å². The van der Waals surface area contributed by atoms with Crippen LogP contribution in [0.5, 0.6) is 0 Å². The smallest absolute Gasteiger partial charge is 0.224 e. The first-order valence-corrected chi connectivity index (χ1v) is 7.59. The number of benzene rings is 2. The maximum Gasteiger partial charge on any atom is 0.224 e. The van der Waals surface area contributed by atoms with Gasteiger partial charge in [0.15, 0.2) is 0 Å². The molecule has 3 heteroatoms. The van der Waals surface area contributed by atoms with Crippen molar-refractivity contribution in [2.24, 2.45) is 0 Å². The second-order valence-electron chi connectivity index (χ2n) is 6.62. The summed E-state index contributed by atoms with van der Waals surface area (Å²) in [6.07, 6.45) is 1.14. The molecule has 0 saturated carbocycles. The number of carbonyl (C=O) groups is 1. The molecule has 0 saturated heterocycles. The van der Waals surface area contributed by atoms with Gasteiger partial charge in [-0.3, -0.25) is 4.79 Å². The Morgan fingerprint density at radius 3 is 2.36 bits per heavy atom. The zero-order valence-corrected chi connectivity index (χ0v) is 13.5. The van der Waals surface area contributed by atoms with Gasteiger partial charge in [-0.1, -0.05) is 45.0 Å². The van der Waals surface area contributed by atoms with Crippen LogP contribution < -0.4 is 11.1 Å². The van der Waals surface area contributed by atoms with E-state index in [2.05, 4.69) is 38.2 Å². The Bertz CT molecular complexity index is 639. The Kier molecular flexibility index (Phi) is 4.86. The quantitative estimate of drug-likeness (QED) is 0.833. The maximum atomic E-state index is 12.0. The third kappa shape index (κ3) is 4.62. The van der Waals surface area contributed by atoms with E-state index in [-0.39, 0.29) is 11.3 Å². The molecule has 0 aliphatic heterocycles. The number of hydrogen-bond donors (Lipinski definition) is 2. The van der Waals surface area contributed by atoms with Gasteiger partial charge in [0.1, 0.15) is 0 Å². The molecule has 0 atom stereocenters. The number of carbonyl (C=O) groups excluding carboxylic acids is 1. The topological polar surface area (TPSA) is 55.1 Å². The van der Waals surface area contributed by atoms with Crippen LogP contribution in [0.1, 0.15) is 38.3 Å². The van der Waals surface area contributed by atoms with Crippen molar-refractivity contribution in [3.8, 4) is 0 Å². The summed E-state index contributed by atoms with van der Waals surface area (Å²) in [6.45, 7) is 6.52. The lowest BCUT2D eigenvalue weighted by Crippen LogP contribution is -2.14. The number of rotatable bonds is 4. The van der Waals surface area contributed by atoms with Crippen LogP contribution >= 0.6 is 0 Å². The standard InChI is InChI=1S/C19H24N2O/c1-19(2,3)15-8-10-17(11-9-15)21-18(22)12-7-14-5-4-6-16(20)13-14/h4-6,8-11,13H,7,12,20H2,1-3H3,(H,21,22). The van der Waals surface area contributed by atoms with Crippen LogP contribution in [0.25, 0.3) is 0 Å². The molecule has 116 valence electrons. The van der Waals surface area contributed by atoms with E-state index >= 15 is 0 Å². The third-order valence-corrected chi connectivity index (χ3v) is 3.63. The average molecular weight is 296 g/mol. The van der Waals surface area contributed by atoms with E-state index < -0.39 is 0 Å². The lowest BCUT2D eigenvalue weighted by atomic mass is 9.87. The van der Waals surface area contributed by atoms with Crippen molar-refractivity contribution in [3.05, 3.63) is 59.7 Å². The largest absolute Gasteiger partial charge is 0.399 e. The number of nitrogens with one attached hydrogen (secondary N) is 1. The summed E-state index contributed by atoms with van der Waals surface area (Å²) in [7, 11) is 0. The molecule has 0 aliphatic rings. The van der Waals surface area contributed by atoms with Gasteiger partial charge in [0, 0.05) is 17.8 Å². The highest BCUT2D eigenvalue weighted by molar-refractivity contribution is 5.90. The molecule has 1 amide bonds. The highest BCUT2D eigenvalue weighted by Gasteiger charge is 2.13. The predicted octanol–water partition coefficient (Wildman–Crippen LogP) is 4.14. The summed E-state index contributed by atoms with van der Waals surface area (Å²) < 4.78 is 0. The van der Waals surface area contributed by atoms with E-state index in [1.165, 1.54) is 5.56 Å². The second kappa shape index (κ2) is 6.65. The zero-order chi connectivity index (χ0) is 16.2. The number of anilines is 2.